The van der Waals surface area contributed by atoms with Crippen molar-refractivity contribution in [1.29, 1.82) is 0 Å². The molecule has 0 aromatic carbocycles. The maximum atomic E-state index is 6.47. The van der Waals surface area contributed by atoms with Gasteiger partial charge in [0.05, 0.1) is 9.75 Å². The van der Waals surface area contributed by atoms with Crippen molar-refractivity contribution in [2.75, 3.05) is 39.6 Å². The lowest BCUT2D eigenvalue weighted by Crippen LogP contribution is -2.55. The Balaban J connectivity index is 5.59. The van der Waals surface area contributed by atoms with E-state index < -0.39 is 17.6 Å². The van der Waals surface area contributed by atoms with Crippen molar-refractivity contribution in [1.82, 2.24) is 0 Å². The van der Waals surface area contributed by atoms with Crippen molar-refractivity contribution >= 4 is 49.0 Å². The van der Waals surface area contributed by atoms with Crippen LogP contribution in [0, 0.1) is 0 Å². The van der Waals surface area contributed by atoms with E-state index >= 15 is 0 Å². The van der Waals surface area contributed by atoms with Crippen LogP contribution in [0.25, 0.3) is 0 Å². The van der Waals surface area contributed by atoms with Crippen molar-refractivity contribution in [2.24, 2.45) is 0 Å². The molecule has 0 bridgehead atoms. The first-order valence-electron chi connectivity index (χ1n) is 19.8. The molecule has 11 heteroatoms. The van der Waals surface area contributed by atoms with Crippen LogP contribution >= 0.6 is 31.4 Å². The molecule has 0 aliphatic heterocycles. The van der Waals surface area contributed by atoms with Gasteiger partial charge in [-0.3, -0.25) is 0 Å². The average molecular weight is 759 g/mol. The standard InChI is InChI=1S/C36H78O6S3Si2/c1-9-17-19-21-23-25-27-29-31-33-35(46(37-11-3,38-12-4)39-13-5)43-45-44-36(47(40-14-6,41-15-7)42-16-8)34-32-30-28-26-24-22-20-18-10-2/h35-36H,9-34H2,1-8H3. The molecular weight excluding hydrogens is 681 g/mol. The van der Waals surface area contributed by atoms with Gasteiger partial charge in [-0.25, -0.2) is 0 Å². The highest BCUT2D eigenvalue weighted by molar-refractivity contribution is 9.09. The van der Waals surface area contributed by atoms with Gasteiger partial charge in [-0.15, -0.1) is 0 Å². The molecule has 0 spiro atoms. The summed E-state index contributed by atoms with van der Waals surface area (Å²) < 4.78 is 38.8. The number of hydrogen-bond donors (Lipinski definition) is 0. The predicted molar refractivity (Wildman–Crippen MR) is 215 cm³/mol. The van der Waals surface area contributed by atoms with Crippen LogP contribution in [0.15, 0.2) is 0 Å². The second-order valence-corrected chi connectivity index (χ2v) is 23.1. The molecule has 0 heterocycles. The van der Waals surface area contributed by atoms with Crippen LogP contribution in [0.2, 0.25) is 0 Å². The molecule has 0 rings (SSSR count). The highest BCUT2D eigenvalue weighted by Crippen LogP contribution is 2.48. The Morgan fingerprint density at radius 2 is 0.574 bits per heavy atom. The van der Waals surface area contributed by atoms with E-state index in [4.69, 9.17) is 26.6 Å². The number of unbranched alkanes of at least 4 members (excludes halogenated alkanes) is 16. The van der Waals surface area contributed by atoms with Crippen LogP contribution in [0.1, 0.15) is 184 Å². The molecule has 0 N–H and O–H groups in total. The molecule has 47 heavy (non-hydrogen) atoms. The lowest BCUT2D eigenvalue weighted by Gasteiger charge is -2.36. The fourth-order valence-corrected chi connectivity index (χ4v) is 21.7. The van der Waals surface area contributed by atoms with Gasteiger partial charge in [0.15, 0.2) is 0 Å². The van der Waals surface area contributed by atoms with Gasteiger partial charge in [0.1, 0.15) is 0 Å². The minimum Gasteiger partial charge on any atom is -0.373 e. The molecule has 6 nitrogen and oxygen atoms in total. The Bertz CT molecular complexity index is 570. The second-order valence-electron chi connectivity index (χ2n) is 12.3. The molecule has 0 saturated heterocycles. The van der Waals surface area contributed by atoms with Crippen LogP contribution in [0.3, 0.4) is 0 Å². The highest BCUT2D eigenvalue weighted by Gasteiger charge is 2.52. The van der Waals surface area contributed by atoms with Gasteiger partial charge in [0, 0.05) is 39.6 Å². The van der Waals surface area contributed by atoms with Crippen LogP contribution in [-0.2, 0) is 26.6 Å². The van der Waals surface area contributed by atoms with Crippen molar-refractivity contribution in [3.63, 3.8) is 0 Å². The first-order valence-corrected chi connectivity index (χ1v) is 27.0. The summed E-state index contributed by atoms with van der Waals surface area (Å²) in [7, 11) is -0.104. The fraction of sp³-hybridized carbons (Fsp3) is 1.00. The van der Waals surface area contributed by atoms with Crippen LogP contribution < -0.4 is 0 Å². The molecule has 2 unspecified atom stereocenters. The van der Waals surface area contributed by atoms with Gasteiger partial charge in [0.2, 0.25) is 0 Å². The van der Waals surface area contributed by atoms with E-state index in [1.807, 2.05) is 31.4 Å². The Morgan fingerprint density at radius 1 is 0.340 bits per heavy atom. The first-order chi connectivity index (χ1) is 23.0. The zero-order chi connectivity index (χ0) is 34.9. The normalized spacial score (nSPS) is 13.8. The quantitative estimate of drug-likeness (QED) is 0.0348. The smallest absolute Gasteiger partial charge is 0.373 e. The van der Waals surface area contributed by atoms with Gasteiger partial charge in [-0.1, -0.05) is 151 Å². The molecule has 0 aromatic heterocycles. The van der Waals surface area contributed by atoms with Gasteiger partial charge in [0.25, 0.3) is 0 Å². The third-order valence-electron chi connectivity index (χ3n) is 8.31. The summed E-state index contributed by atoms with van der Waals surface area (Å²) in [6.45, 7) is 20.6. The number of rotatable bonds is 38. The van der Waals surface area contributed by atoms with E-state index in [1.54, 1.807) is 0 Å². The predicted octanol–water partition coefficient (Wildman–Crippen LogP) is 12.8. The minimum atomic E-state index is -2.89. The molecule has 0 amide bonds. The summed E-state index contributed by atoms with van der Waals surface area (Å²) >= 11 is 0. The van der Waals surface area contributed by atoms with Crippen LogP contribution in [-0.4, -0.2) is 67.0 Å². The van der Waals surface area contributed by atoms with Gasteiger partial charge < -0.3 is 26.6 Å². The molecule has 0 aliphatic rings. The monoisotopic (exact) mass is 758 g/mol. The molecule has 0 aromatic rings. The molecule has 0 saturated carbocycles. The lowest BCUT2D eigenvalue weighted by atomic mass is 10.1. The molecule has 0 radical (unpaired) electrons. The van der Waals surface area contributed by atoms with Crippen molar-refractivity contribution < 1.29 is 26.6 Å². The molecule has 2 atom stereocenters. The lowest BCUT2D eigenvalue weighted by molar-refractivity contribution is 0.0680. The molecular formula is C36H78O6S3Si2. The summed E-state index contributed by atoms with van der Waals surface area (Å²) in [4.78, 5) is 0.361. The van der Waals surface area contributed by atoms with Crippen LogP contribution in [0.4, 0.5) is 0 Å². The SMILES string of the molecule is CCCCCCCCCCCC(SSSC(CCCCCCCCCCC)[Si](OCC)(OCC)OCC)[Si](OCC)(OCC)OCC. The van der Waals surface area contributed by atoms with Crippen LogP contribution in [0.5, 0.6) is 0 Å². The van der Waals surface area contributed by atoms with E-state index in [2.05, 4.69) is 55.4 Å². The first kappa shape index (κ1) is 48.2. The van der Waals surface area contributed by atoms with E-state index in [9.17, 15) is 0 Å². The summed E-state index contributed by atoms with van der Waals surface area (Å²) in [5.74, 6) is 0. The molecule has 284 valence electrons. The summed E-state index contributed by atoms with van der Waals surface area (Å²) in [5.41, 5.74) is 0. The summed E-state index contributed by atoms with van der Waals surface area (Å²) in [5, 5.41) is 0. The van der Waals surface area contributed by atoms with Gasteiger partial charge in [-0.2, -0.15) is 0 Å². The third-order valence-corrected chi connectivity index (χ3v) is 22.5. The Morgan fingerprint density at radius 3 is 0.809 bits per heavy atom. The highest BCUT2D eigenvalue weighted by atomic mass is 33.5. The van der Waals surface area contributed by atoms with Gasteiger partial charge in [-0.05, 0) is 64.2 Å². The van der Waals surface area contributed by atoms with Gasteiger partial charge >= 0.3 is 17.6 Å². The Labute approximate surface area is 307 Å². The topological polar surface area (TPSA) is 55.4 Å². The largest absolute Gasteiger partial charge is 0.515 e. The number of hydrogen-bond acceptors (Lipinski definition) is 9. The summed E-state index contributed by atoms with van der Waals surface area (Å²) in [6, 6.07) is 0. The maximum absolute atomic E-state index is 6.47. The van der Waals surface area contributed by atoms with E-state index in [1.165, 1.54) is 116 Å². The van der Waals surface area contributed by atoms with Crippen molar-refractivity contribution in [2.45, 2.75) is 194 Å². The third kappa shape index (κ3) is 22.7. The zero-order valence-corrected chi connectivity index (χ0v) is 36.7. The van der Waals surface area contributed by atoms with E-state index in [-0.39, 0.29) is 9.75 Å². The molecule has 0 fully saturated rings. The van der Waals surface area contributed by atoms with Crippen molar-refractivity contribution in [3.05, 3.63) is 0 Å². The fourth-order valence-electron chi connectivity index (χ4n) is 5.98. The van der Waals surface area contributed by atoms with Crippen molar-refractivity contribution in [3.8, 4) is 0 Å². The van der Waals surface area contributed by atoms with E-state index in [0.717, 1.165) is 12.8 Å². The Hall–Kier alpha value is 1.24. The summed E-state index contributed by atoms with van der Waals surface area (Å²) in [6.07, 6.45) is 25.9. The second kappa shape index (κ2) is 34.3. The minimum absolute atomic E-state index is 0.181. The zero-order valence-electron chi connectivity index (χ0n) is 32.2. The maximum Gasteiger partial charge on any atom is 0.515 e. The molecule has 0 aliphatic carbocycles. The van der Waals surface area contributed by atoms with E-state index in [0.29, 0.717) is 39.6 Å². The Kier molecular flexibility index (Phi) is 35.2. The average Bonchev–Trinajstić information content (AvgIpc) is 3.05.